The second kappa shape index (κ2) is 8.54. The Balaban J connectivity index is 1.70. The van der Waals surface area contributed by atoms with E-state index >= 15 is 0 Å². The largest absolute Gasteiger partial charge is 0.494 e. The number of nitrogens with one attached hydrogen (secondary N) is 2. The summed E-state index contributed by atoms with van der Waals surface area (Å²) in [4.78, 5) is 19.4. The van der Waals surface area contributed by atoms with Crippen molar-refractivity contribution in [3.05, 3.63) is 29.7 Å². The Morgan fingerprint density at radius 3 is 2.61 bits per heavy atom. The summed E-state index contributed by atoms with van der Waals surface area (Å²) in [5, 5.41) is 13.4. The Morgan fingerprint density at radius 2 is 1.91 bits per heavy atom. The van der Waals surface area contributed by atoms with Gasteiger partial charge in [0.15, 0.2) is 11.6 Å². The van der Waals surface area contributed by atoms with Crippen molar-refractivity contribution in [3.63, 3.8) is 0 Å². The van der Waals surface area contributed by atoms with Gasteiger partial charge in [-0.25, -0.2) is 13.8 Å². The second-order valence-corrected chi connectivity index (χ2v) is 7.20. The minimum Gasteiger partial charge on any atom is -0.494 e. The van der Waals surface area contributed by atoms with Crippen molar-refractivity contribution in [1.82, 2.24) is 39.9 Å². The molecular weight excluding hydrogens is 438 g/mol. The van der Waals surface area contributed by atoms with Crippen molar-refractivity contribution in [2.24, 2.45) is 0 Å². The van der Waals surface area contributed by atoms with Crippen LogP contribution in [-0.4, -0.2) is 73.3 Å². The van der Waals surface area contributed by atoms with Gasteiger partial charge in [-0.2, -0.15) is 15.0 Å². The lowest BCUT2D eigenvalue weighted by atomic mass is 10.3. The molecule has 0 radical (unpaired) electrons. The maximum atomic E-state index is 14.0. The van der Waals surface area contributed by atoms with Crippen LogP contribution in [0.1, 0.15) is 17.9 Å². The average molecular weight is 458 g/mol. The highest BCUT2D eigenvalue weighted by Gasteiger charge is 2.26. The van der Waals surface area contributed by atoms with Crippen LogP contribution in [-0.2, 0) is 4.74 Å². The molecule has 0 bridgehead atoms. The lowest BCUT2D eigenvalue weighted by molar-refractivity contribution is 0.122. The van der Waals surface area contributed by atoms with Crippen LogP contribution in [0.2, 0.25) is 0 Å². The molecule has 0 spiro atoms. The lowest BCUT2D eigenvalue weighted by Gasteiger charge is -2.27. The van der Waals surface area contributed by atoms with Gasteiger partial charge in [0.05, 0.1) is 31.5 Å². The predicted molar refractivity (Wildman–Crippen MR) is 113 cm³/mol. The molecule has 0 amide bonds. The van der Waals surface area contributed by atoms with Gasteiger partial charge in [-0.3, -0.25) is 9.67 Å². The molecule has 3 aromatic heterocycles. The van der Waals surface area contributed by atoms with Crippen LogP contribution in [0.15, 0.2) is 18.2 Å². The number of hydrogen-bond acceptors (Lipinski definition) is 10. The lowest BCUT2D eigenvalue weighted by Crippen LogP contribution is -2.37. The summed E-state index contributed by atoms with van der Waals surface area (Å²) in [5.74, 6) is 0.706. The number of aromatic amines is 1. The number of halogens is 2. The third-order valence-electron chi connectivity index (χ3n) is 5.15. The number of alkyl halides is 2. The van der Waals surface area contributed by atoms with Gasteiger partial charge in [-0.1, -0.05) is 11.3 Å². The zero-order chi connectivity index (χ0) is 22.9. The van der Waals surface area contributed by atoms with Gasteiger partial charge in [-0.15, -0.1) is 5.10 Å². The number of fused-ring (bicyclic) bond motifs is 1. The van der Waals surface area contributed by atoms with Crippen LogP contribution >= 0.6 is 0 Å². The normalized spacial score (nSPS) is 14.3. The number of hydrogen-bond donors (Lipinski definition) is 2. The zero-order valence-electron chi connectivity index (χ0n) is 17.8. The number of anilines is 3. The first-order chi connectivity index (χ1) is 16.0. The number of H-pyrrole nitrogens is 1. The molecule has 1 aliphatic heterocycles. The maximum Gasteiger partial charge on any atom is 0.296 e. The van der Waals surface area contributed by atoms with Gasteiger partial charge >= 0.3 is 0 Å². The minimum atomic E-state index is -2.88. The van der Waals surface area contributed by atoms with Crippen LogP contribution in [0.3, 0.4) is 0 Å². The number of imidazole rings is 1. The summed E-state index contributed by atoms with van der Waals surface area (Å²) < 4.78 is 40.0. The van der Waals surface area contributed by atoms with Gasteiger partial charge < -0.3 is 19.7 Å². The van der Waals surface area contributed by atoms with Gasteiger partial charge in [0.2, 0.25) is 17.8 Å². The molecule has 0 atom stereocenters. The zero-order valence-corrected chi connectivity index (χ0v) is 17.8. The summed E-state index contributed by atoms with van der Waals surface area (Å²) in [6.07, 6.45) is -2.88. The van der Waals surface area contributed by atoms with Crippen LogP contribution in [0.5, 0.6) is 5.75 Å². The highest BCUT2D eigenvalue weighted by molar-refractivity contribution is 5.84. The van der Waals surface area contributed by atoms with Crippen LogP contribution in [0.4, 0.5) is 26.5 Å². The Hall–Kier alpha value is -3.94. The molecule has 4 heterocycles. The molecule has 2 N–H and O–H groups in total. The average Bonchev–Trinajstić information content (AvgIpc) is 3.43. The summed E-state index contributed by atoms with van der Waals surface area (Å²) in [6.45, 7) is 3.87. The van der Waals surface area contributed by atoms with E-state index in [1.54, 1.807) is 25.1 Å². The van der Waals surface area contributed by atoms with Crippen LogP contribution < -0.4 is 15.0 Å². The van der Waals surface area contributed by atoms with Crippen molar-refractivity contribution in [3.8, 4) is 11.7 Å². The van der Waals surface area contributed by atoms with E-state index in [1.165, 1.54) is 11.7 Å². The van der Waals surface area contributed by atoms with E-state index in [-0.39, 0.29) is 17.4 Å². The summed E-state index contributed by atoms with van der Waals surface area (Å²) in [6, 6.07) is 5.00. The number of morpholine rings is 1. The number of ether oxygens (including phenoxy) is 2. The Morgan fingerprint density at radius 1 is 1.12 bits per heavy atom. The molecule has 1 saturated heterocycles. The van der Waals surface area contributed by atoms with E-state index in [9.17, 15) is 8.78 Å². The molecule has 172 valence electrons. The molecule has 1 fully saturated rings. The van der Waals surface area contributed by atoms with Crippen LogP contribution in [0.25, 0.3) is 17.0 Å². The first kappa shape index (κ1) is 20.9. The Labute approximate surface area is 186 Å². The third-order valence-corrected chi connectivity index (χ3v) is 5.15. The monoisotopic (exact) mass is 458 g/mol. The van der Waals surface area contributed by atoms with Crippen molar-refractivity contribution in [2.45, 2.75) is 13.3 Å². The quantitative estimate of drug-likeness (QED) is 0.443. The fraction of sp³-hybridized carbons (Fsp3) is 0.368. The van der Waals surface area contributed by atoms with E-state index < -0.39 is 12.2 Å². The van der Waals surface area contributed by atoms with E-state index in [4.69, 9.17) is 9.47 Å². The van der Waals surface area contributed by atoms with Crippen molar-refractivity contribution in [1.29, 1.82) is 0 Å². The number of nitrogens with zero attached hydrogens (tertiary/aromatic N) is 8. The SMILES string of the molecule is COc1cccc2c1nc(C(F)F)n2-c1nc(Nc2nn[nH]c2C)nc(N2CCOCC2)n1. The first-order valence-corrected chi connectivity index (χ1v) is 10.1. The minimum absolute atomic E-state index is 0.0128. The van der Waals surface area contributed by atoms with Gasteiger partial charge in [0, 0.05) is 13.1 Å². The molecule has 1 aliphatic rings. The van der Waals surface area contributed by atoms with E-state index in [2.05, 4.69) is 40.7 Å². The molecule has 0 aliphatic carbocycles. The summed E-state index contributed by atoms with van der Waals surface area (Å²) in [7, 11) is 1.46. The van der Waals surface area contributed by atoms with Crippen molar-refractivity contribution >= 4 is 28.7 Å². The third kappa shape index (κ3) is 3.88. The topological polar surface area (TPSA) is 132 Å². The smallest absolute Gasteiger partial charge is 0.296 e. The predicted octanol–water partition coefficient (Wildman–Crippen LogP) is 2.16. The van der Waals surface area contributed by atoms with E-state index in [1.807, 2.05) is 4.90 Å². The molecule has 14 heteroatoms. The number of para-hydroxylation sites is 1. The Bertz CT molecular complexity index is 1290. The molecule has 33 heavy (non-hydrogen) atoms. The molecule has 4 aromatic rings. The highest BCUT2D eigenvalue weighted by Crippen LogP contribution is 2.32. The van der Waals surface area contributed by atoms with Crippen molar-refractivity contribution in [2.75, 3.05) is 43.6 Å². The summed E-state index contributed by atoms with van der Waals surface area (Å²) >= 11 is 0. The number of rotatable bonds is 6. The Kier molecular flexibility index (Phi) is 5.42. The van der Waals surface area contributed by atoms with Gasteiger partial charge in [0.25, 0.3) is 6.43 Å². The number of aromatic nitrogens is 8. The fourth-order valence-electron chi connectivity index (χ4n) is 3.53. The van der Waals surface area contributed by atoms with E-state index in [0.717, 1.165) is 0 Å². The number of methoxy groups -OCH3 is 1. The van der Waals surface area contributed by atoms with E-state index in [0.29, 0.717) is 55.0 Å². The number of aryl methyl sites for hydroxylation is 1. The molecule has 1 aromatic carbocycles. The maximum absolute atomic E-state index is 14.0. The standard InChI is InChI=1S/C19H20F2N10O2/c1-10-15(28-29-27-10)23-17-24-18(30-6-8-33-9-7-30)26-19(25-17)31-11-4-3-5-12(32-2)13(11)22-16(31)14(20)21/h3-5,14H,6-9H2,1-2H3,(H2,23,24,25,26,27,28,29). The fourth-order valence-corrected chi connectivity index (χ4v) is 3.53. The number of benzene rings is 1. The molecular formula is C19H20F2N10O2. The molecule has 0 saturated carbocycles. The van der Waals surface area contributed by atoms with Gasteiger partial charge in [0.1, 0.15) is 11.3 Å². The molecule has 0 unspecified atom stereocenters. The van der Waals surface area contributed by atoms with Crippen LogP contribution in [0, 0.1) is 6.92 Å². The summed E-state index contributed by atoms with van der Waals surface area (Å²) in [5.41, 5.74) is 1.33. The molecule has 12 nitrogen and oxygen atoms in total. The highest BCUT2D eigenvalue weighted by atomic mass is 19.3. The first-order valence-electron chi connectivity index (χ1n) is 10.1. The van der Waals surface area contributed by atoms with Crippen molar-refractivity contribution < 1.29 is 18.3 Å². The molecule has 5 rings (SSSR count). The van der Waals surface area contributed by atoms with Gasteiger partial charge in [-0.05, 0) is 19.1 Å². The second-order valence-electron chi connectivity index (χ2n) is 7.20.